The highest BCUT2D eigenvalue weighted by atomic mass is 16.5. The van der Waals surface area contributed by atoms with E-state index in [0.29, 0.717) is 17.9 Å². The number of likely N-dealkylation sites (tertiary alicyclic amines) is 1. The second-order valence-corrected chi connectivity index (χ2v) is 5.28. The minimum atomic E-state index is 0.0715. The van der Waals surface area contributed by atoms with Crippen LogP contribution in [0, 0.1) is 5.92 Å². The highest BCUT2D eigenvalue weighted by Crippen LogP contribution is 2.36. The average Bonchev–Trinajstić information content (AvgIpc) is 2.89. The van der Waals surface area contributed by atoms with Gasteiger partial charge in [0.2, 0.25) is 5.91 Å². The number of rotatable bonds is 6. The summed E-state index contributed by atoms with van der Waals surface area (Å²) in [5, 5.41) is 0. The fraction of sp³-hybridized carbons (Fsp3) is 0.471. The first-order chi connectivity index (χ1) is 10.1. The van der Waals surface area contributed by atoms with E-state index in [1.807, 2.05) is 29.2 Å². The van der Waals surface area contributed by atoms with Crippen LogP contribution in [0.1, 0.15) is 31.4 Å². The molecule has 1 aromatic rings. The van der Waals surface area contributed by atoms with Gasteiger partial charge in [-0.15, -0.1) is 6.58 Å². The smallest absolute Gasteiger partial charge is 0.223 e. The van der Waals surface area contributed by atoms with Gasteiger partial charge >= 0.3 is 0 Å². The Bertz CT molecular complexity index is 527. The molecular weight excluding hydrogens is 266 g/mol. The topological polar surface area (TPSA) is 38.8 Å². The van der Waals surface area contributed by atoms with Gasteiger partial charge in [0, 0.05) is 18.9 Å². The van der Waals surface area contributed by atoms with Gasteiger partial charge in [0.1, 0.15) is 0 Å². The molecule has 0 saturated carbocycles. The van der Waals surface area contributed by atoms with Crippen LogP contribution in [0.25, 0.3) is 0 Å². The molecule has 2 unspecified atom stereocenters. The molecule has 0 aromatic heterocycles. The van der Waals surface area contributed by atoms with Crippen molar-refractivity contribution in [2.24, 2.45) is 5.92 Å². The summed E-state index contributed by atoms with van der Waals surface area (Å²) in [4.78, 5) is 14.2. The molecule has 1 amide bonds. The van der Waals surface area contributed by atoms with Gasteiger partial charge in [0.05, 0.1) is 20.3 Å². The highest BCUT2D eigenvalue weighted by Gasteiger charge is 2.33. The molecule has 21 heavy (non-hydrogen) atoms. The number of hydrogen-bond donors (Lipinski definition) is 0. The summed E-state index contributed by atoms with van der Waals surface area (Å²) >= 11 is 0. The van der Waals surface area contributed by atoms with Crippen molar-refractivity contribution in [3.63, 3.8) is 0 Å². The number of carbonyl (C=O) groups is 1. The molecule has 0 spiro atoms. The second-order valence-electron chi connectivity index (χ2n) is 5.28. The highest BCUT2D eigenvalue weighted by molar-refractivity contribution is 5.79. The van der Waals surface area contributed by atoms with Crippen LogP contribution < -0.4 is 9.47 Å². The first kappa shape index (κ1) is 15.4. The van der Waals surface area contributed by atoms with Crippen LogP contribution in [-0.4, -0.2) is 31.6 Å². The number of nitrogens with zero attached hydrogens (tertiary/aromatic N) is 1. The van der Waals surface area contributed by atoms with E-state index in [1.54, 1.807) is 14.2 Å². The van der Waals surface area contributed by atoms with E-state index in [9.17, 15) is 4.79 Å². The summed E-state index contributed by atoms with van der Waals surface area (Å²) < 4.78 is 10.6. The monoisotopic (exact) mass is 289 g/mol. The van der Waals surface area contributed by atoms with E-state index in [-0.39, 0.29) is 17.9 Å². The summed E-state index contributed by atoms with van der Waals surface area (Å²) in [5.41, 5.74) is 1.08. The molecule has 1 heterocycles. The van der Waals surface area contributed by atoms with Gasteiger partial charge < -0.3 is 14.4 Å². The van der Waals surface area contributed by atoms with Crippen molar-refractivity contribution < 1.29 is 14.3 Å². The van der Waals surface area contributed by atoms with Crippen molar-refractivity contribution >= 4 is 5.91 Å². The van der Waals surface area contributed by atoms with Crippen LogP contribution in [0.5, 0.6) is 11.5 Å². The van der Waals surface area contributed by atoms with Gasteiger partial charge in [-0.05, 0) is 24.1 Å². The van der Waals surface area contributed by atoms with Crippen LogP contribution in [-0.2, 0) is 4.79 Å². The van der Waals surface area contributed by atoms with Crippen LogP contribution in [0.3, 0.4) is 0 Å². The third-order valence-corrected chi connectivity index (χ3v) is 4.08. The van der Waals surface area contributed by atoms with Gasteiger partial charge in [-0.3, -0.25) is 4.79 Å². The Hall–Kier alpha value is -1.97. The number of amides is 1. The van der Waals surface area contributed by atoms with Gasteiger partial charge in [-0.1, -0.05) is 19.1 Å². The van der Waals surface area contributed by atoms with E-state index >= 15 is 0 Å². The Morgan fingerprint density at radius 2 is 2.10 bits per heavy atom. The zero-order valence-electron chi connectivity index (χ0n) is 13.0. The molecule has 0 bridgehead atoms. The molecule has 4 heteroatoms. The van der Waals surface area contributed by atoms with E-state index in [2.05, 4.69) is 13.5 Å². The van der Waals surface area contributed by atoms with Gasteiger partial charge in [0.25, 0.3) is 0 Å². The normalized spacial score (nSPS) is 19.5. The van der Waals surface area contributed by atoms with Gasteiger partial charge in [-0.2, -0.15) is 0 Å². The Kier molecular flexibility index (Phi) is 4.89. The Balaban J connectivity index is 2.29. The van der Waals surface area contributed by atoms with Crippen LogP contribution in [0.4, 0.5) is 0 Å². The van der Waals surface area contributed by atoms with Crippen LogP contribution >= 0.6 is 0 Å². The third-order valence-electron chi connectivity index (χ3n) is 4.08. The van der Waals surface area contributed by atoms with Gasteiger partial charge in [0.15, 0.2) is 11.5 Å². The van der Waals surface area contributed by atoms with Crippen LogP contribution in [0.15, 0.2) is 30.9 Å². The molecule has 1 aliphatic heterocycles. The van der Waals surface area contributed by atoms with E-state index in [0.717, 1.165) is 18.5 Å². The predicted molar refractivity (Wildman–Crippen MR) is 82.6 cm³/mol. The van der Waals surface area contributed by atoms with E-state index < -0.39 is 0 Å². The Labute approximate surface area is 126 Å². The summed E-state index contributed by atoms with van der Waals surface area (Å²) in [6.45, 7) is 6.64. The number of hydrogen-bond acceptors (Lipinski definition) is 3. The predicted octanol–water partition coefficient (Wildman–Crippen LogP) is 3.19. The lowest BCUT2D eigenvalue weighted by molar-refractivity contribution is -0.129. The maximum atomic E-state index is 12.2. The molecule has 1 aliphatic rings. The molecular formula is C17H23NO3. The molecule has 0 aliphatic carbocycles. The van der Waals surface area contributed by atoms with Crippen molar-refractivity contribution in [1.82, 2.24) is 4.90 Å². The summed E-state index contributed by atoms with van der Waals surface area (Å²) in [5.74, 6) is 1.85. The van der Waals surface area contributed by atoms with Crippen molar-refractivity contribution in [3.05, 3.63) is 36.4 Å². The molecule has 0 N–H and O–H groups in total. The van der Waals surface area contributed by atoms with Crippen molar-refractivity contribution in [1.29, 1.82) is 0 Å². The second kappa shape index (κ2) is 6.66. The molecule has 1 aromatic carbocycles. The van der Waals surface area contributed by atoms with Crippen LogP contribution in [0.2, 0.25) is 0 Å². The molecule has 1 saturated heterocycles. The third kappa shape index (κ3) is 3.04. The molecule has 2 rings (SSSR count). The first-order valence-corrected chi connectivity index (χ1v) is 7.28. The lowest BCUT2D eigenvalue weighted by Crippen LogP contribution is -2.30. The first-order valence-electron chi connectivity index (χ1n) is 7.28. The standard InChI is InChI=1S/C17H23NO3/c1-5-12-9-17(19)18(11-12)14(6-2)13-7-8-15(20-3)16(10-13)21-4/h5,7-8,10,12,14H,1,6,9,11H2,2-4H3. The largest absolute Gasteiger partial charge is 0.493 e. The summed E-state index contributed by atoms with van der Waals surface area (Å²) in [6.07, 6.45) is 3.30. The number of methoxy groups -OCH3 is 2. The molecule has 114 valence electrons. The maximum absolute atomic E-state index is 12.2. The van der Waals surface area contributed by atoms with Crippen molar-refractivity contribution in [2.45, 2.75) is 25.8 Å². The number of ether oxygens (including phenoxy) is 2. The maximum Gasteiger partial charge on any atom is 0.223 e. The minimum absolute atomic E-state index is 0.0715. The number of carbonyl (C=O) groups excluding carboxylic acids is 1. The zero-order valence-corrected chi connectivity index (χ0v) is 13.0. The summed E-state index contributed by atoms with van der Waals surface area (Å²) in [7, 11) is 3.24. The lowest BCUT2D eigenvalue weighted by Gasteiger charge is -2.28. The summed E-state index contributed by atoms with van der Waals surface area (Å²) in [6, 6.07) is 5.93. The number of benzene rings is 1. The van der Waals surface area contributed by atoms with Crippen molar-refractivity contribution in [2.75, 3.05) is 20.8 Å². The lowest BCUT2D eigenvalue weighted by atomic mass is 10.0. The average molecular weight is 289 g/mol. The van der Waals surface area contributed by atoms with Gasteiger partial charge in [-0.25, -0.2) is 0 Å². The zero-order chi connectivity index (χ0) is 15.4. The van der Waals surface area contributed by atoms with Crippen molar-refractivity contribution in [3.8, 4) is 11.5 Å². The Morgan fingerprint density at radius 1 is 1.38 bits per heavy atom. The SMILES string of the molecule is C=CC1CC(=O)N(C(CC)c2ccc(OC)c(OC)c2)C1. The molecule has 4 nitrogen and oxygen atoms in total. The molecule has 0 radical (unpaired) electrons. The van der Waals surface area contributed by atoms with E-state index in [1.165, 1.54) is 0 Å². The fourth-order valence-corrected chi connectivity index (χ4v) is 2.92. The Morgan fingerprint density at radius 3 is 2.62 bits per heavy atom. The molecule has 2 atom stereocenters. The minimum Gasteiger partial charge on any atom is -0.493 e. The molecule has 1 fully saturated rings. The van der Waals surface area contributed by atoms with E-state index in [4.69, 9.17) is 9.47 Å². The fourth-order valence-electron chi connectivity index (χ4n) is 2.92. The quantitative estimate of drug-likeness (QED) is 0.755.